The van der Waals surface area contributed by atoms with Crippen LogP contribution in [0.5, 0.6) is 0 Å². The Morgan fingerprint density at radius 1 is 1.33 bits per heavy atom. The van der Waals surface area contributed by atoms with Gasteiger partial charge in [0.05, 0.1) is 15.5 Å². The van der Waals surface area contributed by atoms with E-state index in [9.17, 15) is 13.2 Å². The number of nitrogens with one attached hydrogen (secondary N) is 2. The number of benzene rings is 1. The van der Waals surface area contributed by atoms with Gasteiger partial charge in [0, 0.05) is 19.1 Å². The van der Waals surface area contributed by atoms with Gasteiger partial charge in [-0.05, 0) is 51.1 Å². The van der Waals surface area contributed by atoms with Gasteiger partial charge in [-0.15, -0.1) is 0 Å². The maximum Gasteiger partial charge on any atom is 0.253 e. The number of hydrogen-bond acceptors (Lipinski definition) is 4. The summed E-state index contributed by atoms with van der Waals surface area (Å²) in [6.07, 6.45) is 2.90. The van der Waals surface area contributed by atoms with E-state index in [1.165, 1.54) is 25.2 Å². The van der Waals surface area contributed by atoms with Crippen LogP contribution in [-0.4, -0.2) is 51.9 Å². The van der Waals surface area contributed by atoms with Gasteiger partial charge in [-0.1, -0.05) is 18.5 Å². The quantitative estimate of drug-likeness (QED) is 0.797. The number of carbonyl (C=O) groups is 1. The molecule has 0 unspecified atom stereocenters. The van der Waals surface area contributed by atoms with E-state index in [2.05, 4.69) is 21.9 Å². The summed E-state index contributed by atoms with van der Waals surface area (Å²) in [4.78, 5) is 14.9. The second-order valence-corrected chi connectivity index (χ2v) is 8.23. The SMILES string of the molecule is CCCN1CCC(NC(=O)c2cc(S(=O)(=O)NC)ccc2Cl)CC1. The van der Waals surface area contributed by atoms with Gasteiger partial charge in [0.15, 0.2) is 0 Å². The van der Waals surface area contributed by atoms with Crippen molar-refractivity contribution >= 4 is 27.5 Å². The van der Waals surface area contributed by atoms with Gasteiger partial charge in [-0.3, -0.25) is 4.79 Å². The molecule has 1 saturated heterocycles. The van der Waals surface area contributed by atoms with Crippen molar-refractivity contribution in [2.45, 2.75) is 37.1 Å². The molecule has 1 aromatic rings. The number of hydrogen-bond donors (Lipinski definition) is 2. The average Bonchev–Trinajstić information content (AvgIpc) is 2.57. The predicted octanol–water partition coefficient (Wildman–Crippen LogP) is 1.85. The van der Waals surface area contributed by atoms with Crippen LogP contribution >= 0.6 is 11.6 Å². The summed E-state index contributed by atoms with van der Waals surface area (Å²) in [6.45, 7) is 5.15. The second-order valence-electron chi connectivity index (χ2n) is 5.94. The molecule has 1 amide bonds. The fourth-order valence-electron chi connectivity index (χ4n) is 2.84. The highest BCUT2D eigenvalue weighted by molar-refractivity contribution is 7.89. The summed E-state index contributed by atoms with van der Waals surface area (Å²) in [5.74, 6) is -0.331. The Morgan fingerprint density at radius 3 is 2.58 bits per heavy atom. The Kier molecular flexibility index (Phi) is 6.62. The zero-order valence-corrected chi connectivity index (χ0v) is 15.6. The summed E-state index contributed by atoms with van der Waals surface area (Å²) < 4.78 is 26.0. The van der Waals surface area contributed by atoms with Gasteiger partial charge in [0.25, 0.3) is 5.91 Å². The first kappa shape index (κ1) is 19.2. The van der Waals surface area contributed by atoms with Crippen LogP contribution in [-0.2, 0) is 10.0 Å². The first-order valence-electron chi connectivity index (χ1n) is 8.13. The molecule has 24 heavy (non-hydrogen) atoms. The Balaban J connectivity index is 2.06. The third-order valence-electron chi connectivity index (χ3n) is 4.22. The van der Waals surface area contributed by atoms with Crippen molar-refractivity contribution in [2.24, 2.45) is 0 Å². The van der Waals surface area contributed by atoms with Gasteiger partial charge in [-0.25, -0.2) is 13.1 Å². The van der Waals surface area contributed by atoms with Crippen LogP contribution in [0.4, 0.5) is 0 Å². The van der Waals surface area contributed by atoms with Crippen LogP contribution in [0.2, 0.25) is 5.02 Å². The molecule has 0 spiro atoms. The molecule has 8 heteroatoms. The van der Waals surface area contributed by atoms with Gasteiger partial charge >= 0.3 is 0 Å². The molecule has 1 fully saturated rings. The molecule has 1 aliphatic rings. The predicted molar refractivity (Wildman–Crippen MR) is 94.9 cm³/mol. The smallest absolute Gasteiger partial charge is 0.253 e. The van der Waals surface area contributed by atoms with Crippen LogP contribution in [0.15, 0.2) is 23.1 Å². The zero-order chi connectivity index (χ0) is 17.7. The summed E-state index contributed by atoms with van der Waals surface area (Å²) in [5.41, 5.74) is 0.184. The molecule has 2 rings (SSSR count). The highest BCUT2D eigenvalue weighted by Gasteiger charge is 2.23. The Morgan fingerprint density at radius 2 is 2.00 bits per heavy atom. The Hall–Kier alpha value is -1.15. The van der Waals surface area contributed by atoms with Crippen molar-refractivity contribution in [3.05, 3.63) is 28.8 Å². The standard InChI is InChI=1S/C16H24ClN3O3S/c1-3-8-20-9-6-12(7-10-20)19-16(21)14-11-13(4-5-15(14)17)24(22,23)18-2/h4-5,11-12,18H,3,6-10H2,1-2H3,(H,19,21). The minimum Gasteiger partial charge on any atom is -0.349 e. The van der Waals surface area contributed by atoms with Crippen LogP contribution in [0.3, 0.4) is 0 Å². The van der Waals surface area contributed by atoms with Crippen LogP contribution < -0.4 is 10.0 Å². The molecule has 0 saturated carbocycles. The van der Waals surface area contributed by atoms with Crippen LogP contribution in [0.1, 0.15) is 36.5 Å². The van der Waals surface area contributed by atoms with Crippen molar-refractivity contribution in [1.82, 2.24) is 14.9 Å². The molecule has 0 atom stereocenters. The van der Waals surface area contributed by atoms with Crippen molar-refractivity contribution in [3.8, 4) is 0 Å². The van der Waals surface area contributed by atoms with Crippen LogP contribution in [0, 0.1) is 0 Å². The summed E-state index contributed by atoms with van der Waals surface area (Å²) >= 11 is 6.08. The van der Waals surface area contributed by atoms with E-state index < -0.39 is 10.0 Å². The van der Waals surface area contributed by atoms with E-state index in [0.29, 0.717) is 0 Å². The van der Waals surface area contributed by atoms with Gasteiger partial charge in [-0.2, -0.15) is 0 Å². The van der Waals surface area contributed by atoms with Gasteiger partial charge < -0.3 is 10.2 Å². The van der Waals surface area contributed by atoms with E-state index in [-0.39, 0.29) is 27.4 Å². The molecule has 0 aliphatic carbocycles. The van der Waals surface area contributed by atoms with Crippen molar-refractivity contribution in [1.29, 1.82) is 0 Å². The van der Waals surface area contributed by atoms with Crippen LogP contribution in [0.25, 0.3) is 0 Å². The minimum atomic E-state index is -3.61. The summed E-state index contributed by atoms with van der Waals surface area (Å²) in [5, 5.41) is 3.21. The first-order valence-corrected chi connectivity index (χ1v) is 9.99. The number of sulfonamides is 1. The first-order chi connectivity index (χ1) is 11.4. The molecule has 6 nitrogen and oxygen atoms in total. The van der Waals surface area contributed by atoms with Crippen molar-refractivity contribution in [3.63, 3.8) is 0 Å². The third-order valence-corrected chi connectivity index (χ3v) is 5.97. The van der Waals surface area contributed by atoms with E-state index >= 15 is 0 Å². The van der Waals surface area contributed by atoms with E-state index in [1.54, 1.807) is 0 Å². The normalized spacial score (nSPS) is 17.0. The Bertz CT molecular complexity index is 686. The molecule has 1 aromatic carbocycles. The average molecular weight is 374 g/mol. The molecule has 1 aliphatic heterocycles. The van der Waals surface area contributed by atoms with Gasteiger partial charge in [0.2, 0.25) is 10.0 Å². The maximum atomic E-state index is 12.5. The van der Waals surface area contributed by atoms with E-state index in [4.69, 9.17) is 11.6 Å². The number of nitrogens with zero attached hydrogens (tertiary/aromatic N) is 1. The highest BCUT2D eigenvalue weighted by atomic mass is 35.5. The minimum absolute atomic E-state index is 0.0253. The maximum absolute atomic E-state index is 12.5. The molecule has 2 N–H and O–H groups in total. The lowest BCUT2D eigenvalue weighted by Crippen LogP contribution is -2.44. The fraction of sp³-hybridized carbons (Fsp3) is 0.562. The number of rotatable bonds is 6. The van der Waals surface area contributed by atoms with E-state index in [1.807, 2.05) is 0 Å². The third kappa shape index (κ3) is 4.69. The number of piperidine rings is 1. The van der Waals surface area contributed by atoms with E-state index in [0.717, 1.165) is 38.9 Å². The topological polar surface area (TPSA) is 78.5 Å². The van der Waals surface area contributed by atoms with Gasteiger partial charge in [0.1, 0.15) is 0 Å². The summed E-state index contributed by atoms with van der Waals surface area (Å²) in [7, 11) is -2.29. The molecule has 0 aromatic heterocycles. The van der Waals surface area contributed by atoms with Crippen molar-refractivity contribution < 1.29 is 13.2 Å². The Labute approximate surface area is 148 Å². The molecule has 1 heterocycles. The molecular weight excluding hydrogens is 350 g/mol. The lowest BCUT2D eigenvalue weighted by molar-refractivity contribution is 0.0911. The number of halogens is 1. The monoisotopic (exact) mass is 373 g/mol. The fourth-order valence-corrected chi connectivity index (χ4v) is 3.80. The number of carbonyl (C=O) groups excluding carboxylic acids is 1. The molecule has 0 radical (unpaired) electrons. The molecular formula is C16H24ClN3O3S. The lowest BCUT2D eigenvalue weighted by Gasteiger charge is -2.32. The number of amides is 1. The molecule has 134 valence electrons. The summed E-state index contributed by atoms with van der Waals surface area (Å²) in [6, 6.07) is 4.22. The van der Waals surface area contributed by atoms with Crippen molar-refractivity contribution in [2.75, 3.05) is 26.7 Å². The molecule has 0 bridgehead atoms. The largest absolute Gasteiger partial charge is 0.349 e. The highest BCUT2D eigenvalue weighted by Crippen LogP contribution is 2.21. The zero-order valence-electron chi connectivity index (χ0n) is 14.0. The lowest BCUT2D eigenvalue weighted by atomic mass is 10.0. The number of likely N-dealkylation sites (tertiary alicyclic amines) is 1. The second kappa shape index (κ2) is 8.29.